The molecule has 0 amide bonds. The third-order valence-electron chi connectivity index (χ3n) is 7.98. The lowest BCUT2D eigenvalue weighted by Crippen LogP contribution is -2.09. The van der Waals surface area contributed by atoms with E-state index in [-0.39, 0.29) is 0 Å². The van der Waals surface area contributed by atoms with Gasteiger partial charge in [-0.25, -0.2) is 15.0 Å². The minimum Gasteiger partial charge on any atom is -0.456 e. The molecule has 0 bridgehead atoms. The third kappa shape index (κ3) is 3.59. The zero-order chi connectivity index (χ0) is 27.6. The van der Waals surface area contributed by atoms with Crippen LogP contribution >= 0.6 is 11.3 Å². The largest absolute Gasteiger partial charge is 0.456 e. The van der Waals surface area contributed by atoms with Crippen molar-refractivity contribution in [1.82, 2.24) is 20.3 Å². The fourth-order valence-corrected chi connectivity index (χ4v) is 7.17. The molecule has 0 unspecified atom stereocenters. The van der Waals surface area contributed by atoms with Gasteiger partial charge in [-0.05, 0) is 53.7 Å². The first-order valence-electron chi connectivity index (χ1n) is 13.9. The molecule has 0 atom stereocenters. The number of rotatable bonds is 3. The Bertz CT molecular complexity index is 2370. The molecule has 9 rings (SSSR count). The highest BCUT2D eigenvalue weighted by atomic mass is 32.1. The molecular formula is C36H22N4OS. The van der Waals surface area contributed by atoms with E-state index in [0.717, 1.165) is 45.2 Å². The van der Waals surface area contributed by atoms with E-state index in [1.54, 1.807) is 11.3 Å². The van der Waals surface area contributed by atoms with Gasteiger partial charge in [-0.15, -0.1) is 11.3 Å². The first-order valence-corrected chi connectivity index (χ1v) is 14.7. The Morgan fingerprint density at radius 1 is 0.619 bits per heavy atom. The van der Waals surface area contributed by atoms with E-state index in [1.807, 2.05) is 48.7 Å². The van der Waals surface area contributed by atoms with Gasteiger partial charge in [0.05, 0.1) is 0 Å². The van der Waals surface area contributed by atoms with Crippen LogP contribution in [0.15, 0.2) is 114 Å². The summed E-state index contributed by atoms with van der Waals surface area (Å²) in [5.41, 5.74) is 6.95. The molecule has 4 heterocycles. The van der Waals surface area contributed by atoms with Gasteiger partial charge in [-0.2, -0.15) is 0 Å². The molecule has 5 nitrogen and oxygen atoms in total. The third-order valence-corrected chi connectivity index (χ3v) is 9.12. The summed E-state index contributed by atoms with van der Waals surface area (Å²) in [6.07, 6.45) is 4.07. The monoisotopic (exact) mass is 558 g/mol. The van der Waals surface area contributed by atoms with Crippen LogP contribution in [0.25, 0.3) is 82.4 Å². The number of hydrogen-bond donors (Lipinski definition) is 1. The van der Waals surface area contributed by atoms with Gasteiger partial charge < -0.3 is 9.73 Å². The fourth-order valence-electron chi connectivity index (χ4n) is 6.04. The number of furan rings is 1. The van der Waals surface area contributed by atoms with Crippen molar-refractivity contribution in [2.24, 2.45) is 0 Å². The lowest BCUT2D eigenvalue weighted by molar-refractivity contribution is 0.668. The first-order chi connectivity index (χ1) is 20.8. The Hall–Kier alpha value is -5.33. The minimum absolute atomic E-state index is 0.624. The topological polar surface area (TPSA) is 63.8 Å². The highest BCUT2D eigenvalue weighted by Gasteiger charge is 2.20. The zero-order valence-corrected chi connectivity index (χ0v) is 23.2. The van der Waals surface area contributed by atoms with Gasteiger partial charge >= 0.3 is 0 Å². The number of nitrogens with one attached hydrogen (secondary N) is 1. The van der Waals surface area contributed by atoms with Crippen molar-refractivity contribution in [1.29, 1.82) is 0 Å². The van der Waals surface area contributed by atoms with Gasteiger partial charge in [-0.3, -0.25) is 0 Å². The van der Waals surface area contributed by atoms with Crippen molar-refractivity contribution < 1.29 is 4.42 Å². The summed E-state index contributed by atoms with van der Waals surface area (Å²) in [7, 11) is 0. The molecule has 0 spiro atoms. The van der Waals surface area contributed by atoms with Gasteiger partial charge in [0.2, 0.25) is 0 Å². The van der Waals surface area contributed by atoms with Gasteiger partial charge in [0, 0.05) is 54.2 Å². The number of fused-ring (bicyclic) bond motifs is 7. The summed E-state index contributed by atoms with van der Waals surface area (Å²) in [6, 6.07) is 35.5. The van der Waals surface area contributed by atoms with Crippen LogP contribution in [0, 0.1) is 0 Å². The molecule has 0 radical (unpaired) electrons. The number of nitrogens with zero attached hydrogens (tertiary/aromatic N) is 3. The van der Waals surface area contributed by atoms with Gasteiger partial charge in [0.15, 0.2) is 17.5 Å². The second kappa shape index (κ2) is 9.09. The van der Waals surface area contributed by atoms with Gasteiger partial charge in [0.1, 0.15) is 11.2 Å². The van der Waals surface area contributed by atoms with Crippen molar-refractivity contribution in [3.05, 3.63) is 120 Å². The predicted octanol–water partition coefficient (Wildman–Crippen LogP) is 9.21. The second-order valence-electron chi connectivity index (χ2n) is 10.5. The highest BCUT2D eigenvalue weighted by molar-refractivity contribution is 7.25. The molecule has 1 N–H and O–H groups in total. The number of thiophene rings is 1. The average molecular weight is 559 g/mol. The Morgan fingerprint density at radius 2 is 1.36 bits per heavy atom. The van der Waals surface area contributed by atoms with Crippen molar-refractivity contribution in [3.63, 3.8) is 0 Å². The molecule has 6 heteroatoms. The van der Waals surface area contributed by atoms with E-state index in [1.165, 1.54) is 31.3 Å². The van der Waals surface area contributed by atoms with E-state index in [2.05, 4.69) is 72.1 Å². The van der Waals surface area contributed by atoms with Crippen LogP contribution in [0.5, 0.6) is 0 Å². The maximum Gasteiger partial charge on any atom is 0.164 e. The average Bonchev–Trinajstić information content (AvgIpc) is 3.61. The molecule has 1 aliphatic rings. The second-order valence-corrected chi connectivity index (χ2v) is 11.6. The lowest BCUT2D eigenvalue weighted by Gasteiger charge is -2.12. The van der Waals surface area contributed by atoms with Crippen molar-refractivity contribution in [3.8, 4) is 34.2 Å². The molecule has 0 saturated heterocycles. The summed E-state index contributed by atoms with van der Waals surface area (Å²) in [5, 5.41) is 7.79. The Kier molecular flexibility index (Phi) is 5.06. The number of hydrogen-bond acceptors (Lipinski definition) is 6. The van der Waals surface area contributed by atoms with E-state index in [0.29, 0.717) is 17.5 Å². The molecule has 8 aromatic rings. The molecule has 42 heavy (non-hydrogen) atoms. The summed E-state index contributed by atoms with van der Waals surface area (Å²) in [6.45, 7) is 0.781. The minimum atomic E-state index is 0.624. The number of benzene rings is 5. The molecule has 198 valence electrons. The molecule has 0 aliphatic carbocycles. The molecule has 3 aromatic heterocycles. The lowest BCUT2D eigenvalue weighted by atomic mass is 9.99. The van der Waals surface area contributed by atoms with Crippen LogP contribution in [-0.2, 0) is 6.54 Å². The van der Waals surface area contributed by atoms with Crippen LogP contribution in [-0.4, -0.2) is 15.0 Å². The summed E-state index contributed by atoms with van der Waals surface area (Å²) >= 11 is 1.79. The van der Waals surface area contributed by atoms with Gasteiger partial charge in [0.25, 0.3) is 0 Å². The maximum atomic E-state index is 6.38. The predicted molar refractivity (Wildman–Crippen MR) is 172 cm³/mol. The Balaban J connectivity index is 1.34. The van der Waals surface area contributed by atoms with Crippen molar-refractivity contribution in [2.45, 2.75) is 6.54 Å². The quantitative estimate of drug-likeness (QED) is 0.234. The van der Waals surface area contributed by atoms with Crippen LogP contribution in [0.1, 0.15) is 11.1 Å². The standard InChI is InChI=1S/C36H22N4OS/c1-2-8-21(9-3-1)34-38-35(40-36(39-34)26-12-7-15-31-33(26)24-10-4-5-14-30(24)42-31)25-11-6-13-28-32(25)27-18-23-20-37-17-16-22(23)19-29(27)41-28/h1-19,37H,20H2. The van der Waals surface area contributed by atoms with Crippen LogP contribution in [0.4, 0.5) is 0 Å². The van der Waals surface area contributed by atoms with E-state index < -0.39 is 0 Å². The molecule has 0 fully saturated rings. The van der Waals surface area contributed by atoms with E-state index in [4.69, 9.17) is 19.4 Å². The molecular weight excluding hydrogens is 536 g/mol. The SMILES string of the molecule is C1=Cc2cc3oc4cccc(-c5nc(-c6ccccc6)nc(-c6cccc7sc8ccccc8c67)n5)c4c3cc2CN1. The smallest absolute Gasteiger partial charge is 0.164 e. The zero-order valence-electron chi connectivity index (χ0n) is 22.3. The van der Waals surface area contributed by atoms with Crippen LogP contribution in [0.3, 0.4) is 0 Å². The fraction of sp³-hybridized carbons (Fsp3) is 0.0278. The maximum absolute atomic E-state index is 6.38. The summed E-state index contributed by atoms with van der Waals surface area (Å²) in [4.78, 5) is 15.3. The van der Waals surface area contributed by atoms with E-state index >= 15 is 0 Å². The molecule has 1 aliphatic heterocycles. The van der Waals surface area contributed by atoms with Crippen LogP contribution < -0.4 is 5.32 Å². The van der Waals surface area contributed by atoms with Crippen molar-refractivity contribution >= 4 is 59.5 Å². The molecule has 5 aromatic carbocycles. The van der Waals surface area contributed by atoms with E-state index in [9.17, 15) is 0 Å². The molecule has 0 saturated carbocycles. The Labute approximate surface area is 244 Å². The summed E-state index contributed by atoms with van der Waals surface area (Å²) in [5.74, 6) is 1.92. The normalized spacial score (nSPS) is 12.8. The summed E-state index contributed by atoms with van der Waals surface area (Å²) < 4.78 is 8.85. The highest BCUT2D eigenvalue weighted by Crippen LogP contribution is 2.41. The first kappa shape index (κ1) is 23.4. The van der Waals surface area contributed by atoms with Crippen LogP contribution in [0.2, 0.25) is 0 Å². The van der Waals surface area contributed by atoms with Crippen molar-refractivity contribution in [2.75, 3.05) is 0 Å². The Morgan fingerprint density at radius 3 is 2.24 bits per heavy atom. The van der Waals surface area contributed by atoms with Gasteiger partial charge in [-0.1, -0.05) is 72.8 Å². The number of aromatic nitrogens is 3.